The van der Waals surface area contributed by atoms with E-state index in [2.05, 4.69) is 32.3 Å². The fourth-order valence-electron chi connectivity index (χ4n) is 2.87. The van der Waals surface area contributed by atoms with Crippen molar-refractivity contribution in [2.45, 2.75) is 64.7 Å². The highest BCUT2D eigenvalue weighted by molar-refractivity contribution is 6.74. The SMILES string of the molecule is CC(C)N(C(C)C)[Si]1(N)CCCC1. The largest absolute Gasteiger partial charge is 0.339 e. The standard InChI is InChI=1S/C10H24N2Si/c1-9(2)12(10(3)4)13(11)7-5-6-8-13/h9-10H,5-8,11H2,1-4H3. The molecule has 0 aliphatic carbocycles. The Morgan fingerprint density at radius 2 is 1.38 bits per heavy atom. The molecule has 2 nitrogen and oxygen atoms in total. The van der Waals surface area contributed by atoms with Crippen molar-refractivity contribution in [2.75, 3.05) is 0 Å². The van der Waals surface area contributed by atoms with Gasteiger partial charge in [-0.15, -0.1) is 0 Å². The quantitative estimate of drug-likeness (QED) is 0.708. The van der Waals surface area contributed by atoms with Crippen molar-refractivity contribution in [3.63, 3.8) is 0 Å². The Labute approximate surface area is 83.7 Å². The van der Waals surface area contributed by atoms with Gasteiger partial charge in [0, 0.05) is 0 Å². The van der Waals surface area contributed by atoms with E-state index in [1.165, 1.54) is 24.9 Å². The topological polar surface area (TPSA) is 29.3 Å². The second-order valence-corrected chi connectivity index (χ2v) is 8.63. The summed E-state index contributed by atoms with van der Waals surface area (Å²) in [5.41, 5.74) is 0. The molecule has 0 radical (unpaired) electrons. The fraction of sp³-hybridized carbons (Fsp3) is 1.00. The minimum Gasteiger partial charge on any atom is -0.339 e. The molecule has 3 heteroatoms. The highest BCUT2D eigenvalue weighted by Crippen LogP contribution is 2.31. The van der Waals surface area contributed by atoms with Gasteiger partial charge in [0.1, 0.15) is 0 Å². The first-order valence-electron chi connectivity index (χ1n) is 5.55. The third kappa shape index (κ3) is 2.33. The summed E-state index contributed by atoms with van der Waals surface area (Å²) in [7, 11) is -1.51. The molecular weight excluding hydrogens is 176 g/mol. The van der Waals surface area contributed by atoms with Gasteiger partial charge in [0.15, 0.2) is 0 Å². The zero-order valence-corrected chi connectivity index (χ0v) is 10.5. The van der Waals surface area contributed by atoms with E-state index in [1.54, 1.807) is 0 Å². The fourth-order valence-corrected chi connectivity index (χ4v) is 7.42. The van der Waals surface area contributed by atoms with Crippen LogP contribution in [0.15, 0.2) is 0 Å². The Balaban J connectivity index is 2.73. The predicted octanol–water partition coefficient (Wildman–Crippen LogP) is 2.30. The molecule has 1 heterocycles. The van der Waals surface area contributed by atoms with Crippen LogP contribution in [0.5, 0.6) is 0 Å². The van der Waals surface area contributed by atoms with Crippen LogP contribution in [-0.4, -0.2) is 25.0 Å². The van der Waals surface area contributed by atoms with Gasteiger partial charge in [-0.1, -0.05) is 40.5 Å². The Morgan fingerprint density at radius 1 is 1.00 bits per heavy atom. The highest BCUT2D eigenvalue weighted by atomic mass is 28.3. The first-order chi connectivity index (χ1) is 5.97. The van der Waals surface area contributed by atoms with Gasteiger partial charge in [-0.3, -0.25) is 0 Å². The molecule has 1 fully saturated rings. The first kappa shape index (κ1) is 11.2. The molecule has 0 bridgehead atoms. The number of hydrogen-bond donors (Lipinski definition) is 1. The molecule has 0 saturated carbocycles. The second-order valence-electron chi connectivity index (χ2n) is 4.91. The zero-order valence-electron chi connectivity index (χ0n) is 9.51. The molecule has 1 aliphatic heterocycles. The summed E-state index contributed by atoms with van der Waals surface area (Å²) >= 11 is 0. The summed E-state index contributed by atoms with van der Waals surface area (Å²) in [6, 6.07) is 3.86. The lowest BCUT2D eigenvalue weighted by molar-refractivity contribution is 0.291. The van der Waals surface area contributed by atoms with Gasteiger partial charge in [-0.25, -0.2) is 0 Å². The molecule has 2 N–H and O–H groups in total. The van der Waals surface area contributed by atoms with Crippen LogP contribution in [0.3, 0.4) is 0 Å². The van der Waals surface area contributed by atoms with E-state index in [4.69, 9.17) is 5.40 Å². The van der Waals surface area contributed by atoms with Crippen molar-refractivity contribution in [1.29, 1.82) is 0 Å². The molecule has 0 spiro atoms. The van der Waals surface area contributed by atoms with E-state index >= 15 is 0 Å². The number of hydrogen-bond acceptors (Lipinski definition) is 2. The molecule has 13 heavy (non-hydrogen) atoms. The zero-order chi connectivity index (χ0) is 10.1. The van der Waals surface area contributed by atoms with Crippen molar-refractivity contribution in [3.05, 3.63) is 0 Å². The van der Waals surface area contributed by atoms with Crippen LogP contribution in [-0.2, 0) is 0 Å². The third-order valence-corrected chi connectivity index (χ3v) is 7.60. The van der Waals surface area contributed by atoms with E-state index in [-0.39, 0.29) is 0 Å². The molecule has 0 aromatic heterocycles. The average molecular weight is 200 g/mol. The highest BCUT2D eigenvalue weighted by Gasteiger charge is 2.41. The van der Waals surface area contributed by atoms with Crippen LogP contribution in [0.4, 0.5) is 0 Å². The van der Waals surface area contributed by atoms with Crippen LogP contribution in [0.1, 0.15) is 40.5 Å². The van der Waals surface area contributed by atoms with E-state index in [0.29, 0.717) is 12.1 Å². The van der Waals surface area contributed by atoms with Gasteiger partial charge in [-0.2, -0.15) is 0 Å². The summed E-state index contributed by atoms with van der Waals surface area (Å²) in [6.07, 6.45) is 2.72. The summed E-state index contributed by atoms with van der Waals surface area (Å²) in [5.74, 6) is 0. The lowest BCUT2D eigenvalue weighted by atomic mass is 10.3. The van der Waals surface area contributed by atoms with E-state index in [0.717, 1.165) is 0 Å². The molecule has 78 valence electrons. The van der Waals surface area contributed by atoms with Crippen LogP contribution >= 0.6 is 0 Å². The average Bonchev–Trinajstić information content (AvgIpc) is 2.33. The van der Waals surface area contributed by atoms with Crippen molar-refractivity contribution >= 4 is 8.40 Å². The van der Waals surface area contributed by atoms with Gasteiger partial charge < -0.3 is 9.96 Å². The Kier molecular flexibility index (Phi) is 3.55. The smallest absolute Gasteiger partial charge is 0.201 e. The van der Waals surface area contributed by atoms with Crippen molar-refractivity contribution in [1.82, 2.24) is 4.57 Å². The first-order valence-corrected chi connectivity index (χ1v) is 7.98. The van der Waals surface area contributed by atoms with E-state index < -0.39 is 8.40 Å². The summed E-state index contributed by atoms with van der Waals surface area (Å²) in [4.78, 5) is 0. The summed E-state index contributed by atoms with van der Waals surface area (Å²) in [6.45, 7) is 9.11. The Hall–Kier alpha value is 0.137. The monoisotopic (exact) mass is 200 g/mol. The minimum absolute atomic E-state index is 0.620. The van der Waals surface area contributed by atoms with Gasteiger partial charge in [-0.05, 0) is 24.2 Å². The van der Waals surface area contributed by atoms with Crippen molar-refractivity contribution in [3.8, 4) is 0 Å². The van der Waals surface area contributed by atoms with Crippen LogP contribution in [0.25, 0.3) is 0 Å². The van der Waals surface area contributed by atoms with E-state index in [9.17, 15) is 0 Å². The Bertz CT molecular complexity index is 154. The molecule has 1 aliphatic rings. The van der Waals surface area contributed by atoms with Gasteiger partial charge in [0.05, 0.1) is 0 Å². The molecule has 0 aromatic carbocycles. The van der Waals surface area contributed by atoms with Crippen LogP contribution in [0.2, 0.25) is 12.1 Å². The van der Waals surface area contributed by atoms with Crippen LogP contribution < -0.4 is 5.40 Å². The Morgan fingerprint density at radius 3 is 1.69 bits per heavy atom. The van der Waals surface area contributed by atoms with E-state index in [1.807, 2.05) is 0 Å². The van der Waals surface area contributed by atoms with Gasteiger partial charge in [0.25, 0.3) is 0 Å². The summed E-state index contributed by atoms with van der Waals surface area (Å²) < 4.78 is 2.61. The number of nitrogens with zero attached hydrogens (tertiary/aromatic N) is 1. The maximum atomic E-state index is 6.57. The lowest BCUT2D eigenvalue weighted by Crippen LogP contribution is -2.64. The van der Waals surface area contributed by atoms with Crippen molar-refractivity contribution in [2.24, 2.45) is 5.40 Å². The second kappa shape index (κ2) is 4.11. The van der Waals surface area contributed by atoms with Crippen molar-refractivity contribution < 1.29 is 0 Å². The molecule has 0 amide bonds. The molecule has 0 aromatic rings. The lowest BCUT2D eigenvalue weighted by Gasteiger charge is -2.42. The number of rotatable bonds is 3. The molecule has 0 unspecified atom stereocenters. The number of nitrogens with two attached hydrogens (primary N) is 1. The molecule has 1 saturated heterocycles. The van der Waals surface area contributed by atoms with Crippen LogP contribution in [0, 0.1) is 0 Å². The molecule has 1 rings (SSSR count). The minimum atomic E-state index is -1.51. The maximum absolute atomic E-state index is 6.57. The third-order valence-electron chi connectivity index (χ3n) is 3.10. The van der Waals surface area contributed by atoms with Gasteiger partial charge in [0.2, 0.25) is 8.40 Å². The van der Waals surface area contributed by atoms with Gasteiger partial charge >= 0.3 is 0 Å². The summed E-state index contributed by atoms with van der Waals surface area (Å²) in [5, 5.41) is 6.57. The normalized spacial score (nSPS) is 22.2. The predicted molar refractivity (Wildman–Crippen MR) is 60.9 cm³/mol. The molecule has 0 atom stereocenters. The molecular formula is C10H24N2Si. The maximum Gasteiger partial charge on any atom is 0.201 e.